The van der Waals surface area contributed by atoms with E-state index in [-0.39, 0.29) is 5.41 Å². The second-order valence-corrected chi connectivity index (χ2v) is 6.24. The Morgan fingerprint density at radius 3 is 2.39 bits per heavy atom. The van der Waals surface area contributed by atoms with Crippen LogP contribution in [0.4, 0.5) is 5.82 Å². The van der Waals surface area contributed by atoms with Gasteiger partial charge in [0.1, 0.15) is 5.82 Å². The van der Waals surface area contributed by atoms with Gasteiger partial charge >= 0.3 is 0 Å². The van der Waals surface area contributed by atoms with Gasteiger partial charge in [-0.2, -0.15) is 0 Å². The summed E-state index contributed by atoms with van der Waals surface area (Å²) < 4.78 is 0. The highest BCUT2D eigenvalue weighted by Gasteiger charge is 2.19. The fourth-order valence-electron chi connectivity index (χ4n) is 2.30. The highest BCUT2D eigenvalue weighted by molar-refractivity contribution is 5.85. The van der Waals surface area contributed by atoms with E-state index in [4.69, 9.17) is 5.73 Å². The number of pyridine rings is 1. The molecular weight excluding hydrogens is 220 g/mol. The Balaban J connectivity index is 2.75. The van der Waals surface area contributed by atoms with E-state index in [0.29, 0.717) is 11.7 Å². The fourth-order valence-corrected chi connectivity index (χ4v) is 2.30. The normalized spacial score (nSPS) is 12.3. The van der Waals surface area contributed by atoms with Crippen LogP contribution in [0.1, 0.15) is 51.7 Å². The molecule has 18 heavy (non-hydrogen) atoms. The molecule has 2 heteroatoms. The van der Waals surface area contributed by atoms with Crippen molar-refractivity contribution in [2.45, 2.75) is 46.0 Å². The maximum absolute atomic E-state index is 6.13. The molecule has 0 aliphatic heterocycles. The number of rotatable bonds is 1. The number of nitrogens with zero attached hydrogens (tertiary/aromatic N) is 1. The van der Waals surface area contributed by atoms with Crippen LogP contribution in [0.15, 0.2) is 24.3 Å². The van der Waals surface area contributed by atoms with Crippen LogP contribution in [-0.4, -0.2) is 4.98 Å². The third-order valence-corrected chi connectivity index (χ3v) is 3.34. The number of nitrogen functional groups attached to an aromatic ring is 1. The van der Waals surface area contributed by atoms with Crippen molar-refractivity contribution in [2.75, 3.05) is 5.73 Å². The van der Waals surface area contributed by atoms with Crippen LogP contribution in [0, 0.1) is 0 Å². The highest BCUT2D eigenvalue weighted by atomic mass is 14.8. The van der Waals surface area contributed by atoms with Crippen LogP contribution in [0.5, 0.6) is 0 Å². The maximum Gasteiger partial charge on any atom is 0.127 e. The molecule has 0 saturated carbocycles. The van der Waals surface area contributed by atoms with Crippen LogP contribution in [0.3, 0.4) is 0 Å². The molecule has 2 rings (SSSR count). The maximum atomic E-state index is 6.13. The molecule has 0 aliphatic carbocycles. The minimum Gasteiger partial charge on any atom is -0.383 e. The largest absolute Gasteiger partial charge is 0.383 e. The van der Waals surface area contributed by atoms with Gasteiger partial charge < -0.3 is 5.73 Å². The number of benzene rings is 1. The molecule has 2 N–H and O–H groups in total. The smallest absolute Gasteiger partial charge is 0.127 e. The van der Waals surface area contributed by atoms with E-state index in [1.165, 1.54) is 10.9 Å². The minimum absolute atomic E-state index is 0.0269. The first-order valence-corrected chi connectivity index (χ1v) is 6.50. The lowest BCUT2D eigenvalue weighted by Crippen LogP contribution is -2.15. The van der Waals surface area contributed by atoms with Gasteiger partial charge in [-0.25, -0.2) is 4.98 Å². The van der Waals surface area contributed by atoms with Gasteiger partial charge in [0.25, 0.3) is 0 Å². The SMILES string of the molecule is CC(C)c1cccc2cc(C(C)(C)C)c(N)nc12. The quantitative estimate of drug-likeness (QED) is 0.812. The van der Waals surface area contributed by atoms with Crippen molar-refractivity contribution in [1.82, 2.24) is 4.98 Å². The Morgan fingerprint density at radius 2 is 1.83 bits per heavy atom. The molecule has 1 heterocycles. The van der Waals surface area contributed by atoms with Crippen molar-refractivity contribution < 1.29 is 0 Å². The first-order chi connectivity index (χ1) is 8.30. The molecule has 2 nitrogen and oxygen atoms in total. The standard InChI is InChI=1S/C16H22N2/c1-10(2)12-8-6-7-11-9-13(16(3,4)5)15(17)18-14(11)12/h6-10H,1-5H3,(H2,17,18). The molecule has 0 atom stereocenters. The summed E-state index contributed by atoms with van der Waals surface area (Å²) in [6.45, 7) is 10.9. The van der Waals surface area contributed by atoms with E-state index < -0.39 is 0 Å². The van der Waals surface area contributed by atoms with E-state index in [2.05, 4.69) is 63.9 Å². The Bertz CT molecular complexity index is 577. The summed E-state index contributed by atoms with van der Waals surface area (Å²) in [4.78, 5) is 4.64. The van der Waals surface area contributed by atoms with Gasteiger partial charge in [-0.3, -0.25) is 0 Å². The monoisotopic (exact) mass is 242 g/mol. The molecule has 0 amide bonds. The van der Waals surface area contributed by atoms with Crippen LogP contribution in [0.2, 0.25) is 0 Å². The molecule has 0 saturated heterocycles. The van der Waals surface area contributed by atoms with Crippen molar-refractivity contribution in [1.29, 1.82) is 0 Å². The Morgan fingerprint density at radius 1 is 1.17 bits per heavy atom. The first kappa shape index (κ1) is 12.9. The van der Waals surface area contributed by atoms with Crippen molar-refractivity contribution in [3.05, 3.63) is 35.4 Å². The third-order valence-electron chi connectivity index (χ3n) is 3.34. The zero-order valence-corrected chi connectivity index (χ0v) is 11.9. The lowest BCUT2D eigenvalue weighted by Gasteiger charge is -2.22. The Hall–Kier alpha value is -1.57. The highest BCUT2D eigenvalue weighted by Crippen LogP contribution is 2.32. The molecule has 0 spiro atoms. The number of hydrogen-bond donors (Lipinski definition) is 1. The van der Waals surface area contributed by atoms with Gasteiger partial charge in [0.2, 0.25) is 0 Å². The van der Waals surface area contributed by atoms with Gasteiger partial charge in [-0.1, -0.05) is 52.8 Å². The van der Waals surface area contributed by atoms with Crippen molar-refractivity contribution in [2.24, 2.45) is 0 Å². The molecule has 1 aromatic carbocycles. The number of para-hydroxylation sites is 1. The van der Waals surface area contributed by atoms with Crippen molar-refractivity contribution >= 4 is 16.7 Å². The van der Waals surface area contributed by atoms with Crippen LogP contribution >= 0.6 is 0 Å². The molecule has 0 unspecified atom stereocenters. The van der Waals surface area contributed by atoms with Gasteiger partial charge in [-0.05, 0) is 23.0 Å². The van der Waals surface area contributed by atoms with Gasteiger partial charge in [-0.15, -0.1) is 0 Å². The summed E-state index contributed by atoms with van der Waals surface area (Å²) in [5.74, 6) is 1.11. The molecule has 0 bridgehead atoms. The molecule has 0 aliphatic rings. The van der Waals surface area contributed by atoms with Crippen molar-refractivity contribution in [3.8, 4) is 0 Å². The number of hydrogen-bond acceptors (Lipinski definition) is 2. The van der Waals surface area contributed by atoms with Crippen LogP contribution in [-0.2, 0) is 5.41 Å². The van der Waals surface area contributed by atoms with Crippen LogP contribution < -0.4 is 5.73 Å². The summed E-state index contributed by atoms with van der Waals surface area (Å²) >= 11 is 0. The average Bonchev–Trinajstić information content (AvgIpc) is 2.25. The van der Waals surface area contributed by atoms with E-state index >= 15 is 0 Å². The van der Waals surface area contributed by atoms with Crippen molar-refractivity contribution in [3.63, 3.8) is 0 Å². The minimum atomic E-state index is 0.0269. The summed E-state index contributed by atoms with van der Waals surface area (Å²) in [6.07, 6.45) is 0. The molecule has 0 radical (unpaired) electrons. The summed E-state index contributed by atoms with van der Waals surface area (Å²) in [7, 11) is 0. The molecule has 96 valence electrons. The number of aromatic nitrogens is 1. The Labute approximate surface area is 109 Å². The summed E-state index contributed by atoms with van der Waals surface area (Å²) in [6, 6.07) is 8.53. The zero-order chi connectivity index (χ0) is 13.5. The average molecular weight is 242 g/mol. The topological polar surface area (TPSA) is 38.9 Å². The van der Waals surface area contributed by atoms with E-state index in [1.807, 2.05) is 0 Å². The first-order valence-electron chi connectivity index (χ1n) is 6.50. The fraction of sp³-hybridized carbons (Fsp3) is 0.438. The Kier molecular flexibility index (Phi) is 3.05. The second kappa shape index (κ2) is 4.27. The number of anilines is 1. The second-order valence-electron chi connectivity index (χ2n) is 6.24. The summed E-state index contributed by atoms with van der Waals surface area (Å²) in [5, 5.41) is 1.18. The predicted octanol–water partition coefficient (Wildman–Crippen LogP) is 4.24. The number of nitrogens with two attached hydrogens (primary N) is 1. The molecular formula is C16H22N2. The molecule has 0 fully saturated rings. The van der Waals surface area contributed by atoms with Gasteiger partial charge in [0, 0.05) is 10.9 Å². The molecule has 1 aromatic heterocycles. The third kappa shape index (κ3) is 2.20. The zero-order valence-electron chi connectivity index (χ0n) is 11.9. The van der Waals surface area contributed by atoms with E-state index in [9.17, 15) is 0 Å². The van der Waals surface area contributed by atoms with Crippen LogP contribution in [0.25, 0.3) is 10.9 Å². The number of fused-ring (bicyclic) bond motifs is 1. The van der Waals surface area contributed by atoms with Gasteiger partial charge in [0.05, 0.1) is 5.52 Å². The predicted molar refractivity (Wildman–Crippen MR) is 78.9 cm³/mol. The van der Waals surface area contributed by atoms with E-state index in [1.54, 1.807) is 0 Å². The molecule has 2 aromatic rings. The van der Waals surface area contributed by atoms with Gasteiger partial charge in [0.15, 0.2) is 0 Å². The lowest BCUT2D eigenvalue weighted by atomic mass is 9.86. The lowest BCUT2D eigenvalue weighted by molar-refractivity contribution is 0.591. The summed E-state index contributed by atoms with van der Waals surface area (Å²) in [5.41, 5.74) is 9.58. The van der Waals surface area contributed by atoms with E-state index in [0.717, 1.165) is 11.1 Å².